The molecular weight excluding hydrogens is 288 g/mol. The van der Waals surface area contributed by atoms with Gasteiger partial charge < -0.3 is 22.9 Å². The van der Waals surface area contributed by atoms with Crippen molar-refractivity contribution in [1.29, 1.82) is 0 Å². The van der Waals surface area contributed by atoms with E-state index in [1.807, 2.05) is 0 Å². The van der Waals surface area contributed by atoms with Crippen LogP contribution in [0.5, 0.6) is 0 Å². The molecule has 0 spiro atoms. The second-order valence-electron chi connectivity index (χ2n) is 6.58. The summed E-state index contributed by atoms with van der Waals surface area (Å²) < 4.78 is 0. The van der Waals surface area contributed by atoms with Gasteiger partial charge in [0.25, 0.3) is 0 Å². The predicted molar refractivity (Wildman–Crippen MR) is 95.9 cm³/mol. The number of benzene rings is 1. The lowest BCUT2D eigenvalue weighted by molar-refractivity contribution is 0.352. The van der Waals surface area contributed by atoms with Crippen LogP contribution in [0.1, 0.15) is 42.4 Å². The number of hydrogen-bond acceptors (Lipinski definition) is 2. The van der Waals surface area contributed by atoms with Crippen LogP contribution in [0.4, 0.5) is 0 Å². The molecule has 23 heavy (non-hydrogen) atoms. The molecular formula is C17H28N6. The van der Waals surface area contributed by atoms with Crippen LogP contribution in [0.25, 0.3) is 0 Å². The summed E-state index contributed by atoms with van der Waals surface area (Å²) in [5.41, 5.74) is 25.7. The molecule has 0 unspecified atom stereocenters. The van der Waals surface area contributed by atoms with E-state index >= 15 is 0 Å². The topological polar surface area (TPSA) is 129 Å². The first-order valence-electron chi connectivity index (χ1n) is 8.09. The fourth-order valence-electron chi connectivity index (χ4n) is 3.28. The number of nitrogens with zero attached hydrogens (tertiary/aromatic N) is 2. The van der Waals surface area contributed by atoms with Crippen LogP contribution in [0.15, 0.2) is 28.2 Å². The van der Waals surface area contributed by atoms with Gasteiger partial charge >= 0.3 is 0 Å². The van der Waals surface area contributed by atoms with Crippen molar-refractivity contribution in [3.8, 4) is 0 Å². The lowest BCUT2D eigenvalue weighted by Crippen LogP contribution is -2.38. The number of hydrogen-bond donors (Lipinski definition) is 4. The molecule has 8 N–H and O–H groups in total. The van der Waals surface area contributed by atoms with Gasteiger partial charge in [0.15, 0.2) is 17.6 Å². The van der Waals surface area contributed by atoms with Gasteiger partial charge in [-0.2, -0.15) is 0 Å². The van der Waals surface area contributed by atoms with E-state index < -0.39 is 5.66 Å². The third-order valence-corrected chi connectivity index (χ3v) is 4.17. The minimum atomic E-state index is -0.698. The first-order valence-corrected chi connectivity index (χ1v) is 8.09. The van der Waals surface area contributed by atoms with Crippen molar-refractivity contribution in [3.63, 3.8) is 0 Å². The maximum atomic E-state index is 5.62. The van der Waals surface area contributed by atoms with Crippen molar-refractivity contribution >= 4 is 11.9 Å². The molecule has 6 nitrogen and oxygen atoms in total. The summed E-state index contributed by atoms with van der Waals surface area (Å²) >= 11 is 0. The Hall–Kier alpha value is -2.24. The molecule has 0 bridgehead atoms. The molecule has 126 valence electrons. The van der Waals surface area contributed by atoms with Gasteiger partial charge in [-0.1, -0.05) is 29.3 Å². The fraction of sp³-hybridized carbons (Fsp3) is 0.529. The molecule has 1 aliphatic carbocycles. The van der Waals surface area contributed by atoms with Crippen LogP contribution in [-0.2, 0) is 6.42 Å². The van der Waals surface area contributed by atoms with Gasteiger partial charge in [0.1, 0.15) is 0 Å². The number of aryl methyl sites for hydroxylation is 3. The largest absolute Gasteiger partial charge is 0.370 e. The minimum Gasteiger partial charge on any atom is -0.370 e. The Bertz CT molecular complexity index is 569. The van der Waals surface area contributed by atoms with E-state index in [0.29, 0.717) is 5.92 Å². The van der Waals surface area contributed by atoms with E-state index in [1.54, 1.807) is 0 Å². The van der Waals surface area contributed by atoms with E-state index in [2.05, 4.69) is 42.0 Å². The number of rotatable bonds is 7. The summed E-state index contributed by atoms with van der Waals surface area (Å²) in [7, 11) is 0. The highest BCUT2D eigenvalue weighted by Gasteiger charge is 2.45. The zero-order chi connectivity index (χ0) is 17.0. The van der Waals surface area contributed by atoms with Crippen LogP contribution < -0.4 is 22.9 Å². The third-order valence-electron chi connectivity index (χ3n) is 4.17. The summed E-state index contributed by atoms with van der Waals surface area (Å²) in [4.78, 5) is 8.80. The van der Waals surface area contributed by atoms with E-state index in [9.17, 15) is 0 Å². The number of guanidine groups is 2. The Morgan fingerprint density at radius 1 is 1.00 bits per heavy atom. The van der Waals surface area contributed by atoms with Gasteiger partial charge in [-0.25, -0.2) is 9.98 Å². The van der Waals surface area contributed by atoms with Gasteiger partial charge in [0, 0.05) is 5.92 Å². The quantitative estimate of drug-likeness (QED) is 0.446. The number of nitrogens with two attached hydrogens (primary N) is 4. The monoisotopic (exact) mass is 316 g/mol. The van der Waals surface area contributed by atoms with Gasteiger partial charge in [0.2, 0.25) is 0 Å². The van der Waals surface area contributed by atoms with Crippen molar-refractivity contribution in [1.82, 2.24) is 0 Å². The second-order valence-corrected chi connectivity index (χ2v) is 6.58. The van der Waals surface area contributed by atoms with Gasteiger partial charge in [-0.05, 0) is 51.5 Å². The SMILES string of the molecule is Cc1cc(C)cc(CCCC(N=C(N)N)(N=C(N)N)C2CC2)c1. The molecule has 1 aromatic rings. The Balaban J connectivity index is 2.12. The summed E-state index contributed by atoms with van der Waals surface area (Å²) in [6, 6.07) is 6.61. The molecule has 6 heteroatoms. The maximum absolute atomic E-state index is 5.62. The molecule has 0 amide bonds. The van der Waals surface area contributed by atoms with Crippen molar-refractivity contribution in [2.45, 2.75) is 51.6 Å². The summed E-state index contributed by atoms with van der Waals surface area (Å²) in [6.45, 7) is 4.23. The normalized spacial score (nSPS) is 14.3. The summed E-state index contributed by atoms with van der Waals surface area (Å²) in [5.74, 6) is 0.396. The molecule has 1 saturated carbocycles. The highest BCUT2D eigenvalue weighted by atomic mass is 15.2. The third kappa shape index (κ3) is 4.87. The first-order chi connectivity index (χ1) is 10.8. The van der Waals surface area contributed by atoms with Crippen LogP contribution in [-0.4, -0.2) is 17.6 Å². The van der Waals surface area contributed by atoms with Crippen molar-refractivity contribution in [3.05, 3.63) is 34.9 Å². The second kappa shape index (κ2) is 6.89. The van der Waals surface area contributed by atoms with Gasteiger partial charge in [0.05, 0.1) is 0 Å². The molecule has 1 aromatic carbocycles. The Labute approximate surface area is 138 Å². The van der Waals surface area contributed by atoms with Crippen molar-refractivity contribution in [2.24, 2.45) is 38.8 Å². The van der Waals surface area contributed by atoms with E-state index in [0.717, 1.165) is 32.1 Å². The molecule has 0 saturated heterocycles. The molecule has 1 aliphatic rings. The maximum Gasteiger partial charge on any atom is 0.188 e. The summed E-state index contributed by atoms with van der Waals surface area (Å²) in [6.07, 6.45) is 4.72. The van der Waals surface area contributed by atoms with Crippen molar-refractivity contribution in [2.75, 3.05) is 0 Å². The molecule has 0 atom stereocenters. The lowest BCUT2D eigenvalue weighted by Gasteiger charge is -2.26. The highest BCUT2D eigenvalue weighted by molar-refractivity contribution is 5.78. The van der Waals surface area contributed by atoms with Crippen LogP contribution in [0.3, 0.4) is 0 Å². The van der Waals surface area contributed by atoms with Gasteiger partial charge in [-0.3, -0.25) is 0 Å². The lowest BCUT2D eigenvalue weighted by atomic mass is 9.95. The standard InChI is InChI=1S/C17H28N6/c1-11-8-12(2)10-13(9-11)4-3-7-17(14-5-6-14,22-15(18)19)23-16(20)21/h8-10,14H,3-7H2,1-2H3,(H4,18,19,22)(H4,20,21,23). The van der Waals surface area contributed by atoms with Crippen LogP contribution >= 0.6 is 0 Å². The Kier molecular flexibility index (Phi) is 5.13. The molecule has 0 heterocycles. The first kappa shape index (κ1) is 17.1. The number of aliphatic imine (C=N–C) groups is 2. The van der Waals surface area contributed by atoms with E-state index in [4.69, 9.17) is 22.9 Å². The molecule has 2 rings (SSSR count). The Morgan fingerprint density at radius 3 is 1.96 bits per heavy atom. The minimum absolute atomic E-state index is 0.0355. The average Bonchev–Trinajstić information content (AvgIpc) is 3.19. The molecule has 1 fully saturated rings. The highest BCUT2D eigenvalue weighted by Crippen LogP contribution is 2.45. The molecule has 0 aromatic heterocycles. The fourth-order valence-corrected chi connectivity index (χ4v) is 3.28. The molecule has 0 radical (unpaired) electrons. The predicted octanol–water partition coefficient (Wildman–Crippen LogP) is 1.28. The summed E-state index contributed by atoms with van der Waals surface area (Å²) in [5, 5.41) is 0. The van der Waals surface area contributed by atoms with E-state index in [-0.39, 0.29) is 11.9 Å². The van der Waals surface area contributed by atoms with Crippen LogP contribution in [0.2, 0.25) is 0 Å². The zero-order valence-electron chi connectivity index (χ0n) is 14.0. The Morgan fingerprint density at radius 2 is 1.52 bits per heavy atom. The smallest absolute Gasteiger partial charge is 0.188 e. The zero-order valence-corrected chi connectivity index (χ0v) is 14.0. The molecule has 0 aliphatic heterocycles. The van der Waals surface area contributed by atoms with Crippen molar-refractivity contribution < 1.29 is 0 Å². The van der Waals surface area contributed by atoms with Gasteiger partial charge in [-0.15, -0.1) is 0 Å². The average molecular weight is 316 g/mol. The van der Waals surface area contributed by atoms with Crippen LogP contribution in [0, 0.1) is 19.8 Å². The van der Waals surface area contributed by atoms with E-state index in [1.165, 1.54) is 16.7 Å².